The van der Waals surface area contributed by atoms with Gasteiger partial charge in [-0.05, 0) is 37.1 Å². The third kappa shape index (κ3) is 4.88. The smallest absolute Gasteiger partial charge is 0.257 e. The van der Waals surface area contributed by atoms with E-state index in [1.165, 1.54) is 35.6 Å². The van der Waals surface area contributed by atoms with Gasteiger partial charge in [-0.15, -0.1) is 16.6 Å². The van der Waals surface area contributed by atoms with Gasteiger partial charge in [0, 0.05) is 11.5 Å². The van der Waals surface area contributed by atoms with Gasteiger partial charge >= 0.3 is 0 Å². The van der Waals surface area contributed by atoms with Crippen LogP contribution >= 0.6 is 11.3 Å². The first-order valence-electron chi connectivity index (χ1n) is 8.09. The molecule has 9 heteroatoms. The molecule has 0 saturated carbocycles. The van der Waals surface area contributed by atoms with Crippen molar-refractivity contribution in [3.63, 3.8) is 0 Å². The van der Waals surface area contributed by atoms with Gasteiger partial charge in [-0.3, -0.25) is 10.1 Å². The minimum Gasteiger partial charge on any atom is -0.296 e. The molecule has 26 heavy (non-hydrogen) atoms. The van der Waals surface area contributed by atoms with E-state index >= 15 is 0 Å². The second-order valence-corrected chi connectivity index (χ2v) is 8.24. The number of sulfonamides is 1. The van der Waals surface area contributed by atoms with Crippen LogP contribution in [0.4, 0.5) is 5.13 Å². The fourth-order valence-electron chi connectivity index (χ4n) is 2.26. The standard InChI is InChI=1S/C17H20N4O3S2/c1-4-11-18-26(23,24)14-9-7-13(8-10-14)15(22)19-17-21-20-16(25-17)12(5-2)6-3/h1,7-10,12,18H,5-6,11H2,2-3H3,(H,19,21,22). The summed E-state index contributed by atoms with van der Waals surface area (Å²) in [6, 6.07) is 5.57. The number of carbonyl (C=O) groups excluding carboxylic acids is 1. The summed E-state index contributed by atoms with van der Waals surface area (Å²) in [7, 11) is -3.68. The molecule has 138 valence electrons. The maximum Gasteiger partial charge on any atom is 0.257 e. The fourth-order valence-corrected chi connectivity index (χ4v) is 4.20. The number of aromatic nitrogens is 2. The Labute approximate surface area is 157 Å². The van der Waals surface area contributed by atoms with Gasteiger partial charge in [-0.2, -0.15) is 4.72 Å². The largest absolute Gasteiger partial charge is 0.296 e. The third-order valence-electron chi connectivity index (χ3n) is 3.79. The van der Waals surface area contributed by atoms with Crippen LogP contribution in [0.1, 0.15) is 48.0 Å². The average Bonchev–Trinajstić information content (AvgIpc) is 3.09. The lowest BCUT2D eigenvalue weighted by Crippen LogP contribution is -2.24. The van der Waals surface area contributed by atoms with Crippen molar-refractivity contribution >= 4 is 32.4 Å². The number of nitrogens with one attached hydrogen (secondary N) is 2. The van der Waals surface area contributed by atoms with Gasteiger partial charge in [0.1, 0.15) is 5.01 Å². The molecule has 0 aliphatic heterocycles. The maximum atomic E-state index is 12.3. The van der Waals surface area contributed by atoms with Crippen LogP contribution in [0.3, 0.4) is 0 Å². The maximum absolute atomic E-state index is 12.3. The number of hydrogen-bond donors (Lipinski definition) is 2. The predicted octanol–water partition coefficient (Wildman–Crippen LogP) is 2.61. The normalized spacial score (nSPS) is 11.3. The van der Waals surface area contributed by atoms with Crippen molar-refractivity contribution in [2.75, 3.05) is 11.9 Å². The van der Waals surface area contributed by atoms with E-state index in [1.54, 1.807) is 0 Å². The first-order valence-corrected chi connectivity index (χ1v) is 10.4. The molecule has 0 fully saturated rings. The van der Waals surface area contributed by atoms with E-state index in [0.717, 1.165) is 17.8 Å². The van der Waals surface area contributed by atoms with Crippen LogP contribution in [0, 0.1) is 12.3 Å². The number of carbonyl (C=O) groups is 1. The Kier molecular flexibility index (Phi) is 6.85. The third-order valence-corrected chi connectivity index (χ3v) is 6.21. The highest BCUT2D eigenvalue weighted by Gasteiger charge is 2.17. The Balaban J connectivity index is 2.08. The second kappa shape index (κ2) is 8.89. The van der Waals surface area contributed by atoms with Crippen LogP contribution in [-0.2, 0) is 10.0 Å². The van der Waals surface area contributed by atoms with Crippen LogP contribution in [0.2, 0.25) is 0 Å². The van der Waals surface area contributed by atoms with Crippen molar-refractivity contribution in [1.29, 1.82) is 0 Å². The van der Waals surface area contributed by atoms with Crippen LogP contribution < -0.4 is 10.0 Å². The number of nitrogens with zero attached hydrogens (tertiary/aromatic N) is 2. The zero-order valence-electron chi connectivity index (χ0n) is 14.5. The molecule has 7 nitrogen and oxygen atoms in total. The van der Waals surface area contributed by atoms with E-state index in [2.05, 4.69) is 40.0 Å². The molecule has 2 N–H and O–H groups in total. The van der Waals surface area contributed by atoms with E-state index in [0.29, 0.717) is 16.6 Å². The minimum atomic E-state index is -3.68. The molecule has 0 saturated heterocycles. The van der Waals surface area contributed by atoms with Crippen molar-refractivity contribution < 1.29 is 13.2 Å². The van der Waals surface area contributed by atoms with Crippen LogP contribution in [0.15, 0.2) is 29.2 Å². The molecule has 0 aliphatic rings. The summed E-state index contributed by atoms with van der Waals surface area (Å²) in [4.78, 5) is 12.3. The molecule has 2 aromatic rings. The number of amides is 1. The summed E-state index contributed by atoms with van der Waals surface area (Å²) < 4.78 is 26.2. The number of terminal acetylenes is 1. The van der Waals surface area contributed by atoms with Gasteiger partial charge < -0.3 is 0 Å². The first kappa shape index (κ1) is 20.0. The Bertz CT molecular complexity index is 895. The minimum absolute atomic E-state index is 0.0382. The molecule has 0 bridgehead atoms. The lowest BCUT2D eigenvalue weighted by Gasteiger charge is -2.06. The van der Waals surface area contributed by atoms with Crippen molar-refractivity contribution in [2.45, 2.75) is 37.5 Å². The quantitative estimate of drug-likeness (QED) is 0.673. The number of benzene rings is 1. The lowest BCUT2D eigenvalue weighted by molar-refractivity contribution is 0.102. The zero-order chi connectivity index (χ0) is 19.2. The SMILES string of the molecule is C#CCNS(=O)(=O)c1ccc(C(=O)Nc2nnc(C(CC)CC)s2)cc1. The van der Waals surface area contributed by atoms with Crippen molar-refractivity contribution in [2.24, 2.45) is 0 Å². The monoisotopic (exact) mass is 392 g/mol. The highest BCUT2D eigenvalue weighted by atomic mass is 32.2. The van der Waals surface area contributed by atoms with Crippen LogP contribution in [-0.4, -0.2) is 31.1 Å². The summed E-state index contributed by atoms with van der Waals surface area (Å²) in [5, 5.41) is 12.1. The lowest BCUT2D eigenvalue weighted by atomic mass is 10.1. The number of hydrogen-bond acceptors (Lipinski definition) is 6. The number of anilines is 1. The highest BCUT2D eigenvalue weighted by molar-refractivity contribution is 7.89. The Morgan fingerprint density at radius 2 is 1.88 bits per heavy atom. The zero-order valence-corrected chi connectivity index (χ0v) is 16.2. The van der Waals surface area contributed by atoms with Crippen LogP contribution in [0.5, 0.6) is 0 Å². The summed E-state index contributed by atoms with van der Waals surface area (Å²) in [6.07, 6.45) is 6.97. The van der Waals surface area contributed by atoms with Gasteiger partial charge in [-0.1, -0.05) is 31.1 Å². The molecule has 0 spiro atoms. The summed E-state index contributed by atoms with van der Waals surface area (Å²) >= 11 is 1.35. The molecule has 0 unspecified atom stereocenters. The van der Waals surface area contributed by atoms with Gasteiger partial charge in [-0.25, -0.2) is 8.42 Å². The molecule has 0 atom stereocenters. The Morgan fingerprint density at radius 3 is 2.46 bits per heavy atom. The predicted molar refractivity (Wildman–Crippen MR) is 102 cm³/mol. The summed E-state index contributed by atoms with van der Waals surface area (Å²) in [6.45, 7) is 4.07. The fraction of sp³-hybridized carbons (Fsp3) is 0.353. The van der Waals surface area contributed by atoms with Crippen molar-refractivity contribution in [1.82, 2.24) is 14.9 Å². The molecular formula is C17H20N4O3S2. The van der Waals surface area contributed by atoms with E-state index in [9.17, 15) is 13.2 Å². The molecular weight excluding hydrogens is 372 g/mol. The van der Waals surface area contributed by atoms with E-state index in [-0.39, 0.29) is 17.3 Å². The van der Waals surface area contributed by atoms with Gasteiger partial charge in [0.2, 0.25) is 15.2 Å². The van der Waals surface area contributed by atoms with Gasteiger partial charge in [0.15, 0.2) is 0 Å². The van der Waals surface area contributed by atoms with Crippen molar-refractivity contribution in [3.05, 3.63) is 34.8 Å². The highest BCUT2D eigenvalue weighted by Crippen LogP contribution is 2.28. The average molecular weight is 393 g/mol. The van der Waals surface area contributed by atoms with Crippen LogP contribution in [0.25, 0.3) is 0 Å². The van der Waals surface area contributed by atoms with E-state index in [1.807, 2.05) is 0 Å². The van der Waals surface area contributed by atoms with E-state index < -0.39 is 10.0 Å². The second-order valence-electron chi connectivity index (χ2n) is 5.47. The first-order chi connectivity index (χ1) is 12.4. The van der Waals surface area contributed by atoms with Gasteiger partial charge in [0.25, 0.3) is 5.91 Å². The van der Waals surface area contributed by atoms with Gasteiger partial charge in [0.05, 0.1) is 11.4 Å². The molecule has 1 aromatic heterocycles. The number of rotatable bonds is 8. The molecule has 2 rings (SSSR count). The molecule has 1 amide bonds. The Hall–Kier alpha value is -2.28. The summed E-state index contributed by atoms with van der Waals surface area (Å²) in [5.41, 5.74) is 0.320. The molecule has 0 aliphatic carbocycles. The summed E-state index contributed by atoms with van der Waals surface area (Å²) in [5.74, 6) is 2.16. The molecule has 0 radical (unpaired) electrons. The topological polar surface area (TPSA) is 101 Å². The van der Waals surface area contributed by atoms with E-state index in [4.69, 9.17) is 6.42 Å². The Morgan fingerprint density at radius 1 is 1.23 bits per heavy atom. The molecule has 1 aromatic carbocycles. The van der Waals surface area contributed by atoms with Crippen molar-refractivity contribution in [3.8, 4) is 12.3 Å². The molecule has 1 heterocycles.